The van der Waals surface area contributed by atoms with Crippen LogP contribution < -0.4 is 15.1 Å². The van der Waals surface area contributed by atoms with Crippen LogP contribution in [0.15, 0.2) is 48.5 Å². The van der Waals surface area contributed by atoms with Crippen LogP contribution in [-0.4, -0.2) is 36.5 Å². The van der Waals surface area contributed by atoms with Crippen LogP contribution in [0.4, 0.5) is 22.7 Å². The number of anilines is 3. The summed E-state index contributed by atoms with van der Waals surface area (Å²) < 4.78 is 0. The number of non-ortho nitro benzene ring substituents is 1. The lowest BCUT2D eigenvalue weighted by Gasteiger charge is -2.32. The van der Waals surface area contributed by atoms with Gasteiger partial charge < -0.3 is 15.1 Å². The number of nitrogens with one attached hydrogen (secondary N) is 1. The lowest BCUT2D eigenvalue weighted by Crippen LogP contribution is -2.33. The summed E-state index contributed by atoms with van der Waals surface area (Å²) in [6.07, 6.45) is 3.11. The average molecular weight is 394 g/mol. The van der Waals surface area contributed by atoms with Crippen LogP contribution in [0, 0.1) is 16.0 Å². The van der Waals surface area contributed by atoms with E-state index < -0.39 is 4.92 Å². The van der Waals surface area contributed by atoms with Crippen LogP contribution in [0.3, 0.4) is 0 Å². The summed E-state index contributed by atoms with van der Waals surface area (Å²) in [5, 5.41) is 14.3. The van der Waals surface area contributed by atoms with E-state index in [1.165, 1.54) is 30.7 Å². The van der Waals surface area contributed by atoms with E-state index in [-0.39, 0.29) is 17.6 Å². The zero-order valence-electron chi connectivity index (χ0n) is 16.6. The molecule has 1 atom stereocenters. The molecule has 7 nitrogen and oxygen atoms in total. The molecule has 2 aromatic carbocycles. The highest BCUT2D eigenvalue weighted by atomic mass is 16.6. The second-order valence-corrected chi connectivity index (χ2v) is 7.97. The molecule has 29 heavy (non-hydrogen) atoms. The maximum atomic E-state index is 12.8. The Morgan fingerprint density at radius 3 is 2.41 bits per heavy atom. The lowest BCUT2D eigenvalue weighted by molar-refractivity contribution is -0.384. The van der Waals surface area contributed by atoms with E-state index in [1.807, 2.05) is 12.1 Å². The van der Waals surface area contributed by atoms with Crippen molar-refractivity contribution in [1.82, 2.24) is 0 Å². The van der Waals surface area contributed by atoms with E-state index in [9.17, 15) is 14.9 Å². The Kier molecular flexibility index (Phi) is 5.38. The highest BCUT2D eigenvalue weighted by Gasteiger charge is 2.33. The molecular formula is C22H26N4O3. The Morgan fingerprint density at radius 2 is 1.72 bits per heavy atom. The molecule has 1 N–H and O–H groups in total. The number of hydrogen-bond acceptors (Lipinski definition) is 5. The van der Waals surface area contributed by atoms with Crippen molar-refractivity contribution in [1.29, 1.82) is 0 Å². The van der Waals surface area contributed by atoms with Crippen molar-refractivity contribution < 1.29 is 9.72 Å². The van der Waals surface area contributed by atoms with Crippen molar-refractivity contribution in [3.8, 4) is 0 Å². The van der Waals surface area contributed by atoms with Crippen molar-refractivity contribution in [2.24, 2.45) is 5.92 Å². The first-order valence-corrected chi connectivity index (χ1v) is 10.2. The van der Waals surface area contributed by atoms with E-state index in [1.54, 1.807) is 17.0 Å². The summed E-state index contributed by atoms with van der Waals surface area (Å²) in [7, 11) is 0. The second-order valence-electron chi connectivity index (χ2n) is 7.97. The van der Waals surface area contributed by atoms with Gasteiger partial charge >= 0.3 is 0 Å². The van der Waals surface area contributed by atoms with Gasteiger partial charge in [0.1, 0.15) is 6.04 Å². The molecule has 0 aromatic heterocycles. The van der Waals surface area contributed by atoms with Crippen LogP contribution in [0.25, 0.3) is 0 Å². The van der Waals surface area contributed by atoms with Crippen molar-refractivity contribution >= 4 is 28.7 Å². The predicted octanol–water partition coefficient (Wildman–Crippen LogP) is 4.05. The maximum absolute atomic E-state index is 12.8. The molecule has 2 aliphatic heterocycles. The molecule has 2 aromatic rings. The van der Waals surface area contributed by atoms with Crippen molar-refractivity contribution in [3.63, 3.8) is 0 Å². The molecule has 2 aliphatic rings. The minimum absolute atomic E-state index is 0.00518. The fourth-order valence-electron chi connectivity index (χ4n) is 4.08. The highest BCUT2D eigenvalue weighted by molar-refractivity contribution is 6.01. The number of piperidine rings is 1. The summed E-state index contributed by atoms with van der Waals surface area (Å²) >= 11 is 0. The number of hydrogen-bond donors (Lipinski definition) is 1. The fourth-order valence-corrected chi connectivity index (χ4v) is 4.08. The van der Waals surface area contributed by atoms with Gasteiger partial charge in [-0.25, -0.2) is 0 Å². The van der Waals surface area contributed by atoms with E-state index in [0.29, 0.717) is 18.7 Å². The van der Waals surface area contributed by atoms with Gasteiger partial charge in [-0.1, -0.05) is 13.0 Å². The van der Waals surface area contributed by atoms with Gasteiger partial charge in [0.25, 0.3) is 5.69 Å². The van der Waals surface area contributed by atoms with E-state index >= 15 is 0 Å². The molecule has 2 fully saturated rings. The van der Waals surface area contributed by atoms with Crippen LogP contribution in [0.2, 0.25) is 0 Å². The minimum atomic E-state index is -0.440. The Hall–Kier alpha value is -3.09. The molecule has 1 unspecified atom stereocenters. The SMILES string of the molecule is CC1CCN(c2ccc(NC3CCN(c4cccc([N+](=O)[O-])c4)C3=O)cc2)CC1. The van der Waals surface area contributed by atoms with Gasteiger partial charge in [-0.3, -0.25) is 14.9 Å². The molecule has 0 saturated carbocycles. The molecule has 2 saturated heterocycles. The predicted molar refractivity (Wildman–Crippen MR) is 115 cm³/mol. The molecule has 0 radical (unpaired) electrons. The third-order valence-electron chi connectivity index (χ3n) is 5.91. The molecule has 152 valence electrons. The normalized spacial score (nSPS) is 20.2. The summed E-state index contributed by atoms with van der Waals surface area (Å²) in [5.41, 5.74) is 2.70. The van der Waals surface area contributed by atoms with E-state index in [2.05, 4.69) is 29.3 Å². The molecule has 1 amide bonds. The zero-order valence-corrected chi connectivity index (χ0v) is 16.6. The molecule has 0 spiro atoms. The largest absolute Gasteiger partial charge is 0.374 e. The van der Waals surface area contributed by atoms with Crippen LogP contribution >= 0.6 is 0 Å². The van der Waals surface area contributed by atoms with Gasteiger partial charge in [-0.2, -0.15) is 0 Å². The van der Waals surface area contributed by atoms with Gasteiger partial charge in [0, 0.05) is 43.1 Å². The first kappa shape index (κ1) is 19.2. The average Bonchev–Trinajstić information content (AvgIpc) is 3.09. The Labute approximate surface area is 170 Å². The Bertz CT molecular complexity index is 891. The standard InChI is InChI=1S/C22H26N4O3/c1-16-9-12-24(13-10-16)18-7-5-17(6-8-18)23-21-11-14-25(22(21)27)19-3-2-4-20(15-19)26(28)29/h2-8,15-16,21,23H,9-14H2,1H3. The minimum Gasteiger partial charge on any atom is -0.374 e. The number of amides is 1. The molecule has 0 bridgehead atoms. The van der Waals surface area contributed by atoms with Crippen LogP contribution in [0.5, 0.6) is 0 Å². The van der Waals surface area contributed by atoms with Gasteiger partial charge in [0.15, 0.2) is 0 Å². The monoisotopic (exact) mass is 394 g/mol. The first-order valence-electron chi connectivity index (χ1n) is 10.2. The van der Waals surface area contributed by atoms with Crippen molar-refractivity contribution in [2.75, 3.05) is 34.8 Å². The van der Waals surface area contributed by atoms with Gasteiger partial charge in [-0.15, -0.1) is 0 Å². The lowest BCUT2D eigenvalue weighted by atomic mass is 9.99. The third-order valence-corrected chi connectivity index (χ3v) is 5.91. The molecule has 4 rings (SSSR count). The molecule has 7 heteroatoms. The molecule has 0 aliphatic carbocycles. The maximum Gasteiger partial charge on any atom is 0.271 e. The summed E-state index contributed by atoms with van der Waals surface area (Å²) in [4.78, 5) is 27.4. The topological polar surface area (TPSA) is 78.7 Å². The number of benzene rings is 2. The van der Waals surface area contributed by atoms with Crippen molar-refractivity contribution in [3.05, 3.63) is 58.6 Å². The summed E-state index contributed by atoms with van der Waals surface area (Å²) in [6, 6.07) is 14.2. The van der Waals surface area contributed by atoms with E-state index in [0.717, 1.165) is 24.7 Å². The molecular weight excluding hydrogens is 368 g/mol. The molecule has 2 heterocycles. The number of nitro benzene ring substituents is 1. The highest BCUT2D eigenvalue weighted by Crippen LogP contribution is 2.28. The van der Waals surface area contributed by atoms with Crippen LogP contribution in [-0.2, 0) is 4.79 Å². The van der Waals surface area contributed by atoms with Gasteiger partial charge in [0.2, 0.25) is 5.91 Å². The summed E-state index contributed by atoms with van der Waals surface area (Å²) in [6.45, 7) is 5.03. The number of carbonyl (C=O) groups is 1. The second kappa shape index (κ2) is 8.11. The van der Waals surface area contributed by atoms with Crippen molar-refractivity contribution in [2.45, 2.75) is 32.2 Å². The third kappa shape index (κ3) is 4.18. The number of nitro groups is 1. The number of nitrogens with zero attached hydrogens (tertiary/aromatic N) is 3. The smallest absolute Gasteiger partial charge is 0.271 e. The number of rotatable bonds is 5. The Morgan fingerprint density at radius 1 is 1.00 bits per heavy atom. The quantitative estimate of drug-likeness (QED) is 0.611. The van der Waals surface area contributed by atoms with Crippen LogP contribution in [0.1, 0.15) is 26.2 Å². The Balaban J connectivity index is 1.40. The fraction of sp³-hybridized carbons (Fsp3) is 0.409. The number of carbonyl (C=O) groups excluding carboxylic acids is 1. The van der Waals surface area contributed by atoms with Gasteiger partial charge in [-0.05, 0) is 55.5 Å². The van der Waals surface area contributed by atoms with Gasteiger partial charge in [0.05, 0.1) is 10.6 Å². The first-order chi connectivity index (χ1) is 14.0. The zero-order chi connectivity index (χ0) is 20.4. The summed E-state index contributed by atoms with van der Waals surface area (Å²) in [5.74, 6) is 0.745. The van der Waals surface area contributed by atoms with E-state index in [4.69, 9.17) is 0 Å².